The van der Waals surface area contributed by atoms with Crippen molar-refractivity contribution >= 4 is 28.3 Å². The second-order valence-electron chi connectivity index (χ2n) is 7.68. The monoisotopic (exact) mass is 413 g/mol. The molecule has 1 unspecified atom stereocenters. The number of thiazole rings is 1. The Kier molecular flexibility index (Phi) is 4.87. The highest BCUT2D eigenvalue weighted by Gasteiger charge is 2.33. The number of aryl methyl sites for hydroxylation is 1. The maximum absolute atomic E-state index is 13.1. The minimum absolute atomic E-state index is 0.173. The number of carbonyl (C=O) groups excluding carboxylic acids is 2. The van der Waals surface area contributed by atoms with Gasteiger partial charge < -0.3 is 14.4 Å². The van der Waals surface area contributed by atoms with E-state index in [-0.39, 0.29) is 24.5 Å². The molecule has 0 bridgehead atoms. The Balaban J connectivity index is 1.33. The van der Waals surface area contributed by atoms with Gasteiger partial charge in [-0.1, -0.05) is 0 Å². The molecule has 1 aliphatic carbocycles. The highest BCUT2D eigenvalue weighted by Crippen LogP contribution is 2.38. The van der Waals surface area contributed by atoms with Crippen molar-refractivity contribution in [3.63, 3.8) is 0 Å². The molecule has 2 aliphatic heterocycles. The summed E-state index contributed by atoms with van der Waals surface area (Å²) >= 11 is 1.48. The van der Waals surface area contributed by atoms with Crippen LogP contribution in [0.1, 0.15) is 59.0 Å². The summed E-state index contributed by atoms with van der Waals surface area (Å²) in [7, 11) is 0. The van der Waals surface area contributed by atoms with Crippen molar-refractivity contribution in [2.45, 2.75) is 44.4 Å². The maximum Gasteiger partial charge on any atom is 0.257 e. The largest absolute Gasteiger partial charge is 0.454 e. The zero-order chi connectivity index (χ0) is 19.8. The number of carbonyl (C=O) groups is 2. The molecule has 1 saturated heterocycles. The van der Waals surface area contributed by atoms with Gasteiger partial charge in [-0.2, -0.15) is 0 Å². The zero-order valence-corrected chi connectivity index (χ0v) is 16.9. The topological polar surface area (TPSA) is 80.8 Å². The van der Waals surface area contributed by atoms with E-state index in [4.69, 9.17) is 9.47 Å². The SMILES string of the molecule is O=C(Nc1nc2c(s1)CCCC2C(=O)N1CCCCC1)c1ccc2c(c1)OCO2. The molecule has 0 spiro atoms. The van der Waals surface area contributed by atoms with Crippen LogP contribution in [-0.2, 0) is 11.2 Å². The molecule has 3 heterocycles. The zero-order valence-electron chi connectivity index (χ0n) is 16.1. The van der Waals surface area contributed by atoms with Crippen LogP contribution >= 0.6 is 11.3 Å². The first-order valence-electron chi connectivity index (χ1n) is 10.2. The predicted molar refractivity (Wildman–Crippen MR) is 109 cm³/mol. The summed E-state index contributed by atoms with van der Waals surface area (Å²) in [5.74, 6) is 0.996. The lowest BCUT2D eigenvalue weighted by Gasteiger charge is -2.31. The number of hydrogen-bond acceptors (Lipinski definition) is 6. The van der Waals surface area contributed by atoms with Gasteiger partial charge in [-0.25, -0.2) is 4.98 Å². The van der Waals surface area contributed by atoms with Crippen LogP contribution in [0.3, 0.4) is 0 Å². The van der Waals surface area contributed by atoms with Crippen LogP contribution in [0.2, 0.25) is 0 Å². The Bertz CT molecular complexity index is 951. The van der Waals surface area contributed by atoms with E-state index in [1.807, 2.05) is 4.90 Å². The fraction of sp³-hybridized carbons (Fsp3) is 0.476. The lowest BCUT2D eigenvalue weighted by atomic mass is 9.89. The third kappa shape index (κ3) is 3.57. The van der Waals surface area contributed by atoms with Crippen molar-refractivity contribution in [3.8, 4) is 11.5 Å². The summed E-state index contributed by atoms with van der Waals surface area (Å²) in [5, 5.41) is 3.44. The predicted octanol–water partition coefficient (Wildman–Crippen LogP) is 3.56. The molecule has 7 nitrogen and oxygen atoms in total. The van der Waals surface area contributed by atoms with E-state index < -0.39 is 0 Å². The minimum atomic E-state index is -0.242. The van der Waals surface area contributed by atoms with Crippen LogP contribution in [0, 0.1) is 0 Å². The summed E-state index contributed by atoms with van der Waals surface area (Å²) in [6.07, 6.45) is 6.10. The fourth-order valence-corrected chi connectivity index (χ4v) is 5.31. The van der Waals surface area contributed by atoms with Gasteiger partial charge >= 0.3 is 0 Å². The van der Waals surface area contributed by atoms with Gasteiger partial charge in [0.05, 0.1) is 11.6 Å². The maximum atomic E-state index is 13.1. The molecule has 5 rings (SSSR count). The quantitative estimate of drug-likeness (QED) is 0.832. The lowest BCUT2D eigenvalue weighted by molar-refractivity contribution is -0.134. The van der Waals surface area contributed by atoms with Gasteiger partial charge in [0, 0.05) is 23.5 Å². The van der Waals surface area contributed by atoms with E-state index in [9.17, 15) is 9.59 Å². The van der Waals surface area contributed by atoms with Crippen molar-refractivity contribution < 1.29 is 19.1 Å². The Morgan fingerprint density at radius 3 is 2.79 bits per heavy atom. The van der Waals surface area contributed by atoms with Gasteiger partial charge in [0.25, 0.3) is 5.91 Å². The van der Waals surface area contributed by atoms with Crippen LogP contribution in [0.4, 0.5) is 5.13 Å². The van der Waals surface area contributed by atoms with Crippen LogP contribution < -0.4 is 14.8 Å². The van der Waals surface area contributed by atoms with E-state index in [1.54, 1.807) is 18.2 Å². The minimum Gasteiger partial charge on any atom is -0.454 e. The Morgan fingerprint density at radius 1 is 1.10 bits per heavy atom. The van der Waals surface area contributed by atoms with Gasteiger partial charge in [0.1, 0.15) is 0 Å². The first-order valence-corrected chi connectivity index (χ1v) is 11.0. The second kappa shape index (κ2) is 7.67. The number of benzene rings is 1. The number of aromatic nitrogens is 1. The number of rotatable bonds is 3. The van der Waals surface area contributed by atoms with Gasteiger partial charge in [-0.3, -0.25) is 14.9 Å². The third-order valence-corrected chi connectivity index (χ3v) is 6.82. The highest BCUT2D eigenvalue weighted by atomic mass is 32.1. The van der Waals surface area contributed by atoms with E-state index in [0.717, 1.165) is 55.8 Å². The van der Waals surface area contributed by atoms with E-state index in [1.165, 1.54) is 17.8 Å². The number of anilines is 1. The van der Waals surface area contributed by atoms with Crippen molar-refractivity contribution in [2.24, 2.45) is 0 Å². The highest BCUT2D eigenvalue weighted by molar-refractivity contribution is 7.16. The summed E-state index contributed by atoms with van der Waals surface area (Å²) in [6, 6.07) is 5.12. The number of likely N-dealkylation sites (tertiary alicyclic amines) is 1. The molecule has 3 aliphatic rings. The molecule has 8 heteroatoms. The molecule has 1 atom stereocenters. The number of fused-ring (bicyclic) bond motifs is 2. The lowest BCUT2D eigenvalue weighted by Crippen LogP contribution is -2.39. The number of hydrogen-bond donors (Lipinski definition) is 1. The van der Waals surface area contributed by atoms with Crippen LogP contribution in [0.25, 0.3) is 0 Å². The molecule has 29 heavy (non-hydrogen) atoms. The third-order valence-electron chi connectivity index (χ3n) is 5.78. The molecule has 2 aromatic rings. The normalized spacial score (nSPS) is 20.3. The summed E-state index contributed by atoms with van der Waals surface area (Å²) in [5.41, 5.74) is 1.35. The molecule has 1 aromatic carbocycles. The molecular formula is C21H23N3O4S. The van der Waals surface area contributed by atoms with Gasteiger partial charge in [0.15, 0.2) is 16.6 Å². The standard InChI is InChI=1S/C21H23N3O4S/c25-19(13-7-8-15-16(11-13)28-12-27-15)23-21-22-18-14(5-4-6-17(18)29-21)20(26)24-9-2-1-3-10-24/h7-8,11,14H,1-6,9-10,12H2,(H,22,23,25). The molecule has 0 saturated carbocycles. The first kappa shape index (κ1) is 18.4. The number of amides is 2. The number of nitrogens with zero attached hydrogens (tertiary/aromatic N) is 2. The van der Waals surface area contributed by atoms with E-state index in [0.29, 0.717) is 22.2 Å². The molecule has 1 aromatic heterocycles. The van der Waals surface area contributed by atoms with Crippen LogP contribution in [-0.4, -0.2) is 41.6 Å². The van der Waals surface area contributed by atoms with Crippen LogP contribution in [0.15, 0.2) is 18.2 Å². The Morgan fingerprint density at radius 2 is 1.93 bits per heavy atom. The van der Waals surface area contributed by atoms with Crippen molar-refractivity contribution in [2.75, 3.05) is 25.2 Å². The van der Waals surface area contributed by atoms with E-state index >= 15 is 0 Å². The average Bonchev–Trinajstić information content (AvgIpc) is 3.39. The second-order valence-corrected chi connectivity index (χ2v) is 8.76. The number of ether oxygens (including phenoxy) is 2. The van der Waals surface area contributed by atoms with Crippen molar-refractivity contribution in [3.05, 3.63) is 34.3 Å². The number of nitrogens with one attached hydrogen (secondary N) is 1. The Hall–Kier alpha value is -2.61. The van der Waals surface area contributed by atoms with Crippen LogP contribution in [0.5, 0.6) is 11.5 Å². The van der Waals surface area contributed by atoms with Gasteiger partial charge in [-0.15, -0.1) is 11.3 Å². The van der Waals surface area contributed by atoms with Gasteiger partial charge in [-0.05, 0) is 56.7 Å². The molecule has 1 N–H and O–H groups in total. The van der Waals surface area contributed by atoms with Crippen molar-refractivity contribution in [1.29, 1.82) is 0 Å². The summed E-state index contributed by atoms with van der Waals surface area (Å²) in [6.45, 7) is 1.87. The summed E-state index contributed by atoms with van der Waals surface area (Å²) < 4.78 is 10.6. The summed E-state index contributed by atoms with van der Waals surface area (Å²) in [4.78, 5) is 33.5. The first-order chi connectivity index (χ1) is 14.2. The van der Waals surface area contributed by atoms with Gasteiger partial charge in [0.2, 0.25) is 12.7 Å². The number of piperidine rings is 1. The molecule has 2 amide bonds. The molecule has 152 valence electrons. The average molecular weight is 413 g/mol. The van der Waals surface area contributed by atoms with E-state index in [2.05, 4.69) is 10.3 Å². The smallest absolute Gasteiger partial charge is 0.257 e. The molecule has 1 fully saturated rings. The van der Waals surface area contributed by atoms with Crippen molar-refractivity contribution in [1.82, 2.24) is 9.88 Å². The molecular weight excluding hydrogens is 390 g/mol. The Labute approximate surface area is 173 Å². The molecule has 0 radical (unpaired) electrons. The fourth-order valence-electron chi connectivity index (χ4n) is 4.25.